The second kappa shape index (κ2) is 8.09. The standard InChI is InChI=1S/C17H30N4O2/c1-4-23-10-9-21-8-7-20(11-14(21)2)12-16(22)19-17(3,13-18)15-5-6-15/h14-15H,4-12H2,1-3H3,(H,19,22)/t14-,17-/m0/s1. The van der Waals surface area contributed by atoms with Crippen molar-refractivity contribution in [3.05, 3.63) is 0 Å². The predicted octanol–water partition coefficient (Wildman–Crippen LogP) is 0.837. The Morgan fingerprint density at radius 3 is 2.74 bits per heavy atom. The molecule has 130 valence electrons. The molecule has 2 aliphatic rings. The van der Waals surface area contributed by atoms with Crippen LogP contribution in [0.5, 0.6) is 0 Å². The molecule has 1 saturated carbocycles. The molecule has 0 spiro atoms. The average molecular weight is 322 g/mol. The van der Waals surface area contributed by atoms with Gasteiger partial charge in [-0.2, -0.15) is 5.26 Å². The molecule has 1 heterocycles. The summed E-state index contributed by atoms with van der Waals surface area (Å²) < 4.78 is 5.42. The van der Waals surface area contributed by atoms with Crippen LogP contribution >= 0.6 is 0 Å². The number of carbonyl (C=O) groups excluding carboxylic acids is 1. The molecule has 2 fully saturated rings. The molecule has 2 atom stereocenters. The van der Waals surface area contributed by atoms with Crippen LogP contribution in [-0.4, -0.2) is 73.2 Å². The molecular weight excluding hydrogens is 292 g/mol. The van der Waals surface area contributed by atoms with Crippen LogP contribution in [0.15, 0.2) is 0 Å². The maximum Gasteiger partial charge on any atom is 0.235 e. The Morgan fingerprint density at radius 2 is 2.17 bits per heavy atom. The van der Waals surface area contributed by atoms with Crippen LogP contribution in [0.3, 0.4) is 0 Å². The fourth-order valence-electron chi connectivity index (χ4n) is 3.29. The first-order valence-corrected chi connectivity index (χ1v) is 8.75. The van der Waals surface area contributed by atoms with Crippen LogP contribution in [-0.2, 0) is 9.53 Å². The number of piperazine rings is 1. The molecule has 0 radical (unpaired) electrons. The lowest BCUT2D eigenvalue weighted by Crippen LogP contribution is -2.56. The average Bonchev–Trinajstić information content (AvgIpc) is 3.34. The van der Waals surface area contributed by atoms with Gasteiger partial charge in [-0.1, -0.05) is 0 Å². The van der Waals surface area contributed by atoms with Crippen molar-refractivity contribution in [3.63, 3.8) is 0 Å². The molecule has 6 nitrogen and oxygen atoms in total. The third-order valence-electron chi connectivity index (χ3n) is 4.97. The van der Waals surface area contributed by atoms with Crippen molar-refractivity contribution in [2.45, 2.75) is 45.2 Å². The fourth-order valence-corrected chi connectivity index (χ4v) is 3.29. The number of ether oxygens (including phenoxy) is 1. The smallest absolute Gasteiger partial charge is 0.235 e. The van der Waals surface area contributed by atoms with Gasteiger partial charge in [-0.3, -0.25) is 14.6 Å². The molecule has 1 aliphatic heterocycles. The van der Waals surface area contributed by atoms with Gasteiger partial charge < -0.3 is 10.1 Å². The molecule has 0 aromatic carbocycles. The summed E-state index contributed by atoms with van der Waals surface area (Å²) >= 11 is 0. The van der Waals surface area contributed by atoms with Gasteiger partial charge in [0.15, 0.2) is 0 Å². The van der Waals surface area contributed by atoms with E-state index in [0.29, 0.717) is 18.5 Å². The summed E-state index contributed by atoms with van der Waals surface area (Å²) in [5.74, 6) is 0.293. The van der Waals surface area contributed by atoms with Crippen LogP contribution in [0, 0.1) is 17.2 Å². The van der Waals surface area contributed by atoms with Crippen molar-refractivity contribution in [2.24, 2.45) is 5.92 Å². The number of hydrogen-bond acceptors (Lipinski definition) is 5. The van der Waals surface area contributed by atoms with Gasteiger partial charge in [-0.25, -0.2) is 0 Å². The van der Waals surface area contributed by atoms with Crippen molar-refractivity contribution in [3.8, 4) is 6.07 Å². The Hall–Kier alpha value is -1.16. The Bertz CT molecular complexity index is 446. The van der Waals surface area contributed by atoms with Gasteiger partial charge in [0.25, 0.3) is 0 Å². The number of carbonyl (C=O) groups is 1. The third kappa shape index (κ3) is 5.17. The number of hydrogen-bond donors (Lipinski definition) is 1. The summed E-state index contributed by atoms with van der Waals surface area (Å²) in [5.41, 5.74) is -0.692. The first kappa shape index (κ1) is 18.2. The van der Waals surface area contributed by atoms with Gasteiger partial charge in [0.1, 0.15) is 5.54 Å². The summed E-state index contributed by atoms with van der Waals surface area (Å²) in [6.07, 6.45) is 2.08. The SMILES string of the molecule is CCOCCN1CCN(CC(=O)N[C@@](C)(C#N)C2CC2)C[C@@H]1C. The number of nitriles is 1. The molecule has 0 bridgehead atoms. The quantitative estimate of drug-likeness (QED) is 0.671. The van der Waals surface area contributed by atoms with Crippen molar-refractivity contribution in [1.82, 2.24) is 15.1 Å². The second-order valence-corrected chi connectivity index (χ2v) is 6.95. The molecular formula is C17H30N4O2. The first-order valence-electron chi connectivity index (χ1n) is 8.75. The molecule has 0 aromatic heterocycles. The number of rotatable bonds is 8. The minimum Gasteiger partial charge on any atom is -0.380 e. The summed E-state index contributed by atoms with van der Waals surface area (Å²) in [4.78, 5) is 16.9. The molecule has 1 amide bonds. The van der Waals surface area contributed by atoms with E-state index in [0.717, 1.165) is 52.2 Å². The highest BCUT2D eigenvalue weighted by molar-refractivity contribution is 5.79. The molecule has 23 heavy (non-hydrogen) atoms. The van der Waals surface area contributed by atoms with E-state index in [1.165, 1.54) is 0 Å². The lowest BCUT2D eigenvalue weighted by atomic mass is 9.98. The van der Waals surface area contributed by atoms with Gasteiger partial charge in [0.05, 0.1) is 19.2 Å². The Morgan fingerprint density at radius 1 is 1.43 bits per heavy atom. The van der Waals surface area contributed by atoms with E-state index in [1.807, 2.05) is 13.8 Å². The van der Waals surface area contributed by atoms with E-state index in [1.54, 1.807) is 0 Å². The topological polar surface area (TPSA) is 68.6 Å². The summed E-state index contributed by atoms with van der Waals surface area (Å²) in [6.45, 7) is 11.6. The van der Waals surface area contributed by atoms with E-state index < -0.39 is 5.54 Å². The molecule has 1 aliphatic carbocycles. The predicted molar refractivity (Wildman–Crippen MR) is 88.9 cm³/mol. The van der Waals surface area contributed by atoms with E-state index in [2.05, 4.69) is 28.1 Å². The first-order chi connectivity index (χ1) is 11.0. The van der Waals surface area contributed by atoms with E-state index in [-0.39, 0.29) is 5.91 Å². The number of nitrogens with one attached hydrogen (secondary N) is 1. The maximum atomic E-state index is 12.3. The molecule has 0 unspecified atom stereocenters. The van der Waals surface area contributed by atoms with Crippen LogP contribution < -0.4 is 5.32 Å². The van der Waals surface area contributed by atoms with E-state index in [9.17, 15) is 10.1 Å². The summed E-state index contributed by atoms with van der Waals surface area (Å²) in [5, 5.41) is 12.3. The van der Waals surface area contributed by atoms with Gasteiger partial charge >= 0.3 is 0 Å². The zero-order chi connectivity index (χ0) is 16.9. The highest BCUT2D eigenvalue weighted by atomic mass is 16.5. The largest absolute Gasteiger partial charge is 0.380 e. The lowest BCUT2D eigenvalue weighted by Gasteiger charge is -2.39. The maximum absolute atomic E-state index is 12.3. The zero-order valence-electron chi connectivity index (χ0n) is 14.7. The van der Waals surface area contributed by atoms with Gasteiger partial charge in [-0.15, -0.1) is 0 Å². The normalized spacial score (nSPS) is 25.6. The van der Waals surface area contributed by atoms with Crippen molar-refractivity contribution in [1.29, 1.82) is 5.26 Å². The minimum atomic E-state index is -0.692. The van der Waals surface area contributed by atoms with E-state index in [4.69, 9.17) is 4.74 Å². The van der Waals surface area contributed by atoms with Crippen molar-refractivity contribution >= 4 is 5.91 Å². The van der Waals surface area contributed by atoms with Crippen molar-refractivity contribution in [2.75, 3.05) is 45.9 Å². The highest BCUT2D eigenvalue weighted by Gasteiger charge is 2.43. The van der Waals surface area contributed by atoms with Crippen LogP contribution in [0.2, 0.25) is 0 Å². The fraction of sp³-hybridized carbons (Fsp3) is 0.882. The van der Waals surface area contributed by atoms with Gasteiger partial charge in [0, 0.05) is 38.8 Å². The van der Waals surface area contributed by atoms with Crippen molar-refractivity contribution < 1.29 is 9.53 Å². The third-order valence-corrected chi connectivity index (χ3v) is 4.97. The molecule has 2 rings (SSSR count). The number of nitrogens with zero attached hydrogens (tertiary/aromatic N) is 3. The Kier molecular flexibility index (Phi) is 6.40. The van der Waals surface area contributed by atoms with Crippen LogP contribution in [0.1, 0.15) is 33.6 Å². The monoisotopic (exact) mass is 322 g/mol. The minimum absolute atomic E-state index is 0.0316. The Balaban J connectivity index is 1.74. The molecule has 0 aromatic rings. The van der Waals surface area contributed by atoms with Crippen LogP contribution in [0.25, 0.3) is 0 Å². The van der Waals surface area contributed by atoms with Gasteiger partial charge in [-0.05, 0) is 39.5 Å². The summed E-state index contributed by atoms with van der Waals surface area (Å²) in [7, 11) is 0. The number of amides is 1. The molecule has 1 N–H and O–H groups in total. The van der Waals surface area contributed by atoms with Gasteiger partial charge in [0.2, 0.25) is 5.91 Å². The Labute approximate surface area is 139 Å². The van der Waals surface area contributed by atoms with Crippen LogP contribution in [0.4, 0.5) is 0 Å². The lowest BCUT2D eigenvalue weighted by molar-refractivity contribution is -0.124. The second-order valence-electron chi connectivity index (χ2n) is 6.95. The zero-order valence-corrected chi connectivity index (χ0v) is 14.7. The molecule has 1 saturated heterocycles. The summed E-state index contributed by atoms with van der Waals surface area (Å²) in [6, 6.07) is 2.70. The van der Waals surface area contributed by atoms with E-state index >= 15 is 0 Å². The molecule has 6 heteroatoms. The highest BCUT2D eigenvalue weighted by Crippen LogP contribution is 2.39.